The molecule has 1 N–H and O–H groups in total. The quantitative estimate of drug-likeness (QED) is 0.170. The Bertz CT molecular complexity index is 2100. The molecule has 1 fully saturated rings. The van der Waals surface area contributed by atoms with E-state index in [1.807, 2.05) is 111 Å². The van der Waals surface area contributed by atoms with Crippen LogP contribution in [0.1, 0.15) is 81.2 Å². The molecule has 1 aromatic heterocycles. The largest absolute Gasteiger partial charge is 0.460 e. The summed E-state index contributed by atoms with van der Waals surface area (Å²) < 4.78 is 31.4. The summed E-state index contributed by atoms with van der Waals surface area (Å²) in [6.45, 7) is 16.9. The first-order chi connectivity index (χ1) is 23.5. The van der Waals surface area contributed by atoms with Gasteiger partial charge in [-0.05, 0) is 94.0 Å². The molecule has 50 heavy (non-hydrogen) atoms. The lowest BCUT2D eigenvalue weighted by atomic mass is 9.91. The Hall–Kier alpha value is -4.34. The topological polar surface area (TPSA) is 107 Å². The maximum absolute atomic E-state index is 13.7. The third kappa shape index (κ3) is 9.88. The van der Waals surface area contributed by atoms with Crippen molar-refractivity contribution in [1.29, 1.82) is 0 Å². The van der Waals surface area contributed by atoms with Gasteiger partial charge in [0.15, 0.2) is 0 Å². The third-order valence-electron chi connectivity index (χ3n) is 7.87. The number of benzene rings is 4. The van der Waals surface area contributed by atoms with Gasteiger partial charge in [0.05, 0.1) is 29.0 Å². The second-order valence-corrected chi connectivity index (χ2v) is 16.5. The average Bonchev–Trinajstić information content (AvgIpc) is 3.90. The van der Waals surface area contributed by atoms with Crippen molar-refractivity contribution in [2.24, 2.45) is 5.92 Å². The highest BCUT2D eigenvalue weighted by atomic mass is 32.2. The predicted octanol–water partition coefficient (Wildman–Crippen LogP) is 8.93. The SMILES string of the molecule is CC(C)C(=O)OC(C)(C)C.CC(C)NS(=O)(=O)C1CC1.CC(C)n1ncc(-c2cccc3ccccc23)c(-c2cccc3ccccc23)c1=O. The third-order valence-corrected chi connectivity index (χ3v) is 10.0. The van der Waals surface area contributed by atoms with E-state index in [0.717, 1.165) is 51.1 Å². The summed E-state index contributed by atoms with van der Waals surface area (Å²) in [5.41, 5.74) is 3.12. The molecular weight excluding hydrogens is 647 g/mol. The van der Waals surface area contributed by atoms with Crippen molar-refractivity contribution in [2.45, 2.75) is 98.1 Å². The van der Waals surface area contributed by atoms with Crippen LogP contribution in [0.15, 0.2) is 95.9 Å². The van der Waals surface area contributed by atoms with Gasteiger partial charge < -0.3 is 4.74 Å². The summed E-state index contributed by atoms with van der Waals surface area (Å²) in [5.74, 6) is -0.160. The van der Waals surface area contributed by atoms with Crippen molar-refractivity contribution < 1.29 is 17.9 Å². The number of rotatable bonds is 7. The Labute approximate surface area is 296 Å². The molecule has 0 spiro atoms. The molecule has 266 valence electrons. The molecule has 9 heteroatoms. The molecule has 1 saturated carbocycles. The Kier molecular flexibility index (Phi) is 12.4. The lowest BCUT2D eigenvalue weighted by Crippen LogP contribution is -2.32. The van der Waals surface area contributed by atoms with Gasteiger partial charge in [-0.2, -0.15) is 5.10 Å². The van der Waals surface area contributed by atoms with E-state index in [2.05, 4.69) is 52.3 Å². The Morgan fingerprint density at radius 3 is 1.74 bits per heavy atom. The van der Waals surface area contributed by atoms with E-state index in [-0.39, 0.29) is 40.4 Å². The second kappa shape index (κ2) is 16.1. The van der Waals surface area contributed by atoms with Gasteiger partial charge in [0.1, 0.15) is 5.60 Å². The first-order valence-electron chi connectivity index (χ1n) is 17.3. The van der Waals surface area contributed by atoms with Gasteiger partial charge >= 0.3 is 5.97 Å². The minimum absolute atomic E-state index is 0.0206. The zero-order valence-electron chi connectivity index (χ0n) is 30.7. The average molecular weight is 698 g/mol. The number of ether oxygens (including phenoxy) is 1. The molecule has 0 aliphatic heterocycles. The molecule has 0 unspecified atom stereocenters. The molecule has 0 atom stereocenters. The van der Waals surface area contributed by atoms with Gasteiger partial charge in [0.2, 0.25) is 10.0 Å². The van der Waals surface area contributed by atoms with Crippen molar-refractivity contribution in [3.8, 4) is 22.3 Å². The van der Waals surface area contributed by atoms with Crippen molar-refractivity contribution in [3.05, 3.63) is 101 Å². The Morgan fingerprint density at radius 1 is 0.780 bits per heavy atom. The van der Waals surface area contributed by atoms with E-state index in [9.17, 15) is 18.0 Å². The van der Waals surface area contributed by atoms with Gasteiger partial charge in [-0.3, -0.25) is 9.59 Å². The number of aromatic nitrogens is 2. The Morgan fingerprint density at radius 2 is 1.28 bits per heavy atom. The number of esters is 1. The zero-order valence-corrected chi connectivity index (χ0v) is 31.5. The number of hydrogen-bond donors (Lipinski definition) is 1. The highest BCUT2D eigenvalue weighted by molar-refractivity contribution is 7.90. The van der Waals surface area contributed by atoms with Crippen LogP contribution in [-0.4, -0.2) is 41.1 Å². The number of carbonyl (C=O) groups is 1. The standard InChI is InChI=1S/C27H22N2O.C8H16O2.C6H13NO2S/c1-18(2)29-27(30)26(24-16-8-12-20-10-4-6-14-22(20)24)25(17-28-29)23-15-7-11-19-9-3-5-13-21(19)23;1-6(2)7(9)10-8(3,4)5;1-5(2)7-10(8,9)6-3-4-6/h3-18H,1-2H3;6H,1-5H3;5-7H,3-4H2,1-2H3. The fraction of sp³-hybridized carbons (Fsp3) is 0.390. The smallest absolute Gasteiger partial charge is 0.308 e. The van der Waals surface area contributed by atoms with Gasteiger partial charge in [0, 0.05) is 11.6 Å². The highest BCUT2D eigenvalue weighted by Crippen LogP contribution is 2.37. The number of nitrogens with one attached hydrogen (secondary N) is 1. The fourth-order valence-electron chi connectivity index (χ4n) is 5.43. The molecule has 0 saturated heterocycles. The molecule has 5 aromatic rings. The summed E-state index contributed by atoms with van der Waals surface area (Å²) in [4.78, 5) is 24.6. The summed E-state index contributed by atoms with van der Waals surface area (Å²) in [7, 11) is -2.94. The van der Waals surface area contributed by atoms with Crippen molar-refractivity contribution in [3.63, 3.8) is 0 Å². The molecule has 0 radical (unpaired) electrons. The molecule has 4 aromatic carbocycles. The molecular formula is C41H51N3O5S. The fourth-order valence-corrected chi connectivity index (χ4v) is 7.03. The van der Waals surface area contributed by atoms with Crippen LogP contribution in [0, 0.1) is 5.92 Å². The van der Waals surface area contributed by atoms with E-state index < -0.39 is 10.0 Å². The van der Waals surface area contributed by atoms with E-state index in [0.29, 0.717) is 5.56 Å². The number of fused-ring (bicyclic) bond motifs is 2. The van der Waals surface area contributed by atoms with Crippen molar-refractivity contribution >= 4 is 37.5 Å². The van der Waals surface area contributed by atoms with Crippen LogP contribution in [0.3, 0.4) is 0 Å². The van der Waals surface area contributed by atoms with Gasteiger partial charge in [0.25, 0.3) is 5.56 Å². The minimum atomic E-state index is -2.94. The number of sulfonamides is 1. The lowest BCUT2D eigenvalue weighted by molar-refractivity contribution is -0.158. The highest BCUT2D eigenvalue weighted by Gasteiger charge is 2.35. The van der Waals surface area contributed by atoms with E-state index >= 15 is 0 Å². The molecule has 1 heterocycles. The van der Waals surface area contributed by atoms with Gasteiger partial charge in [-0.25, -0.2) is 17.8 Å². The van der Waals surface area contributed by atoms with Crippen molar-refractivity contribution in [1.82, 2.24) is 14.5 Å². The monoisotopic (exact) mass is 697 g/mol. The minimum Gasteiger partial charge on any atom is -0.460 e. The predicted molar refractivity (Wildman–Crippen MR) is 206 cm³/mol. The molecule has 8 nitrogen and oxygen atoms in total. The summed E-state index contributed by atoms with van der Waals surface area (Å²) in [6, 6.07) is 28.8. The summed E-state index contributed by atoms with van der Waals surface area (Å²) in [6.07, 6.45) is 3.52. The van der Waals surface area contributed by atoms with E-state index in [1.54, 1.807) is 4.68 Å². The number of nitrogens with zero attached hydrogens (tertiary/aromatic N) is 2. The molecule has 1 aliphatic rings. The van der Waals surface area contributed by atoms with Gasteiger partial charge in [-0.15, -0.1) is 0 Å². The summed E-state index contributed by atoms with van der Waals surface area (Å²) in [5, 5.41) is 8.89. The van der Waals surface area contributed by atoms with Crippen LogP contribution in [0.4, 0.5) is 0 Å². The maximum atomic E-state index is 13.7. The first-order valence-corrected chi connectivity index (χ1v) is 18.9. The number of hydrogen-bond acceptors (Lipinski definition) is 6. The van der Waals surface area contributed by atoms with Crippen LogP contribution >= 0.6 is 0 Å². The summed E-state index contributed by atoms with van der Waals surface area (Å²) >= 11 is 0. The van der Waals surface area contributed by atoms with E-state index in [1.165, 1.54) is 0 Å². The molecule has 6 rings (SSSR count). The van der Waals surface area contributed by atoms with E-state index in [4.69, 9.17) is 4.74 Å². The van der Waals surface area contributed by atoms with Gasteiger partial charge in [-0.1, -0.05) is 98.8 Å². The molecule has 1 aliphatic carbocycles. The number of carbonyl (C=O) groups excluding carboxylic acids is 1. The van der Waals surface area contributed by atoms with Crippen LogP contribution in [-0.2, 0) is 19.6 Å². The van der Waals surface area contributed by atoms with Crippen LogP contribution in [0.2, 0.25) is 0 Å². The maximum Gasteiger partial charge on any atom is 0.308 e. The molecule has 0 amide bonds. The van der Waals surface area contributed by atoms with Crippen LogP contribution < -0.4 is 10.3 Å². The second-order valence-electron chi connectivity index (χ2n) is 14.5. The molecule has 0 bridgehead atoms. The first kappa shape index (κ1) is 38.5. The van der Waals surface area contributed by atoms with Crippen LogP contribution in [0.25, 0.3) is 43.8 Å². The lowest BCUT2D eigenvalue weighted by Gasteiger charge is -2.20. The normalized spacial score (nSPS) is 13.2. The Balaban J connectivity index is 0.000000231. The van der Waals surface area contributed by atoms with Crippen molar-refractivity contribution in [2.75, 3.05) is 0 Å². The zero-order chi connectivity index (χ0) is 36.8. The van der Waals surface area contributed by atoms with Crippen LogP contribution in [0.5, 0.6) is 0 Å².